The average molecular weight is 286 g/mol. The van der Waals surface area contributed by atoms with Crippen molar-refractivity contribution >= 4 is 34.4 Å². The van der Waals surface area contributed by atoms with Crippen molar-refractivity contribution < 1.29 is 0 Å². The third-order valence-electron chi connectivity index (χ3n) is 3.43. The Labute approximate surface area is 119 Å². The molecule has 0 fully saturated rings. The Balaban J connectivity index is 2.18. The van der Waals surface area contributed by atoms with Gasteiger partial charge >= 0.3 is 0 Å². The minimum Gasteiger partial charge on any atom is -0.309 e. The molecule has 0 atom stereocenters. The lowest BCUT2D eigenvalue weighted by atomic mass is 10.3. The highest BCUT2D eigenvalue weighted by Crippen LogP contribution is 2.24. The van der Waals surface area contributed by atoms with Crippen LogP contribution in [0.4, 0.5) is 0 Å². The van der Waals surface area contributed by atoms with E-state index < -0.39 is 0 Å². The SMILES string of the molecule is CCSc1nnc2n1nc1n(CC)c3ccccc3n12. The molecule has 0 saturated heterocycles. The number of rotatable bonds is 3. The summed E-state index contributed by atoms with van der Waals surface area (Å²) in [7, 11) is 0. The van der Waals surface area contributed by atoms with Gasteiger partial charge in [-0.15, -0.1) is 15.3 Å². The van der Waals surface area contributed by atoms with Gasteiger partial charge < -0.3 is 4.57 Å². The highest BCUT2D eigenvalue weighted by molar-refractivity contribution is 7.99. The van der Waals surface area contributed by atoms with Crippen LogP contribution < -0.4 is 0 Å². The number of hydrogen-bond acceptors (Lipinski definition) is 4. The van der Waals surface area contributed by atoms with E-state index in [2.05, 4.69) is 45.1 Å². The Bertz CT molecular complexity index is 915. The van der Waals surface area contributed by atoms with Gasteiger partial charge in [0.1, 0.15) is 0 Å². The standard InChI is InChI=1S/C13H14N6S/c1-3-17-9-7-5-6-8-10(9)18-11-14-15-13(20-4-2)19(11)16-12(17)18/h5-8H,3-4H2,1-2H3. The molecule has 0 unspecified atom stereocenters. The maximum Gasteiger partial charge on any atom is 0.260 e. The van der Waals surface area contributed by atoms with Crippen molar-refractivity contribution in [3.63, 3.8) is 0 Å². The molecule has 7 heteroatoms. The molecule has 0 amide bonds. The maximum atomic E-state index is 4.70. The summed E-state index contributed by atoms with van der Waals surface area (Å²) in [6.07, 6.45) is 0. The van der Waals surface area contributed by atoms with Crippen LogP contribution in [0.3, 0.4) is 0 Å². The first-order valence-electron chi connectivity index (χ1n) is 6.69. The molecule has 6 nitrogen and oxygen atoms in total. The number of fused-ring (bicyclic) bond motifs is 5. The number of nitrogens with zero attached hydrogens (tertiary/aromatic N) is 6. The van der Waals surface area contributed by atoms with Gasteiger partial charge in [-0.2, -0.15) is 4.52 Å². The number of thioether (sulfide) groups is 1. The summed E-state index contributed by atoms with van der Waals surface area (Å²) in [5, 5.41) is 14.1. The third kappa shape index (κ3) is 1.38. The Morgan fingerprint density at radius 1 is 1.05 bits per heavy atom. The predicted octanol–water partition coefficient (Wildman–Crippen LogP) is 2.46. The summed E-state index contributed by atoms with van der Waals surface area (Å²) in [6, 6.07) is 8.29. The lowest BCUT2D eigenvalue weighted by molar-refractivity contribution is 0.774. The third-order valence-corrected chi connectivity index (χ3v) is 4.23. The first kappa shape index (κ1) is 11.8. The molecule has 1 aromatic carbocycles. The van der Waals surface area contributed by atoms with Crippen molar-refractivity contribution in [1.29, 1.82) is 0 Å². The number of aromatic nitrogens is 6. The summed E-state index contributed by atoms with van der Waals surface area (Å²) < 4.78 is 6.11. The molecule has 0 spiro atoms. The Kier molecular flexibility index (Phi) is 2.50. The normalized spacial score (nSPS) is 12.1. The molecular weight excluding hydrogens is 272 g/mol. The summed E-state index contributed by atoms with van der Waals surface area (Å²) in [5.41, 5.74) is 2.29. The van der Waals surface area contributed by atoms with Gasteiger partial charge in [-0.3, -0.25) is 0 Å². The fourth-order valence-electron chi connectivity index (χ4n) is 2.62. The zero-order valence-corrected chi connectivity index (χ0v) is 12.1. The van der Waals surface area contributed by atoms with Crippen LogP contribution >= 0.6 is 11.8 Å². The molecule has 3 heterocycles. The fourth-order valence-corrected chi connectivity index (χ4v) is 3.22. The highest BCUT2D eigenvalue weighted by Gasteiger charge is 2.18. The predicted molar refractivity (Wildman–Crippen MR) is 79.3 cm³/mol. The number of benzene rings is 1. The second-order valence-corrected chi connectivity index (χ2v) is 5.73. The minimum absolute atomic E-state index is 0.777. The fraction of sp³-hybridized carbons (Fsp3) is 0.308. The molecule has 20 heavy (non-hydrogen) atoms. The highest BCUT2D eigenvalue weighted by atomic mass is 32.2. The van der Waals surface area contributed by atoms with E-state index in [-0.39, 0.29) is 0 Å². The second kappa shape index (κ2) is 4.24. The van der Waals surface area contributed by atoms with Gasteiger partial charge in [0.25, 0.3) is 5.78 Å². The van der Waals surface area contributed by atoms with Crippen molar-refractivity contribution in [3.05, 3.63) is 24.3 Å². The van der Waals surface area contributed by atoms with Crippen molar-refractivity contribution in [1.82, 2.24) is 28.8 Å². The van der Waals surface area contributed by atoms with Gasteiger partial charge in [0, 0.05) is 6.54 Å². The zero-order valence-electron chi connectivity index (χ0n) is 11.3. The molecule has 3 aromatic heterocycles. The van der Waals surface area contributed by atoms with E-state index in [4.69, 9.17) is 5.10 Å². The van der Waals surface area contributed by atoms with E-state index in [0.29, 0.717) is 0 Å². The second-order valence-electron chi connectivity index (χ2n) is 4.50. The maximum absolute atomic E-state index is 4.70. The first-order chi connectivity index (χ1) is 9.85. The van der Waals surface area contributed by atoms with E-state index in [1.54, 1.807) is 11.8 Å². The van der Waals surface area contributed by atoms with Gasteiger partial charge in [0.05, 0.1) is 11.0 Å². The van der Waals surface area contributed by atoms with Gasteiger partial charge in [-0.25, -0.2) is 4.40 Å². The van der Waals surface area contributed by atoms with Crippen LogP contribution in [0.2, 0.25) is 0 Å². The Morgan fingerprint density at radius 2 is 1.85 bits per heavy atom. The van der Waals surface area contributed by atoms with E-state index >= 15 is 0 Å². The molecule has 0 N–H and O–H groups in total. The van der Waals surface area contributed by atoms with Crippen LogP contribution in [0.5, 0.6) is 0 Å². The van der Waals surface area contributed by atoms with Crippen LogP contribution in [0.25, 0.3) is 22.6 Å². The molecule has 4 rings (SSSR count). The van der Waals surface area contributed by atoms with Crippen LogP contribution in [0, 0.1) is 0 Å². The van der Waals surface area contributed by atoms with Crippen molar-refractivity contribution in [2.75, 3.05) is 5.75 Å². The summed E-state index contributed by atoms with van der Waals surface area (Å²) >= 11 is 1.65. The molecule has 0 aliphatic carbocycles. The number of imidazole rings is 1. The number of aryl methyl sites for hydroxylation is 1. The average Bonchev–Trinajstić information content (AvgIpc) is 3.09. The first-order valence-corrected chi connectivity index (χ1v) is 7.67. The molecule has 0 bridgehead atoms. The lowest BCUT2D eigenvalue weighted by Gasteiger charge is -1.98. The van der Waals surface area contributed by atoms with Crippen LogP contribution in [0.15, 0.2) is 29.4 Å². The molecule has 0 aliphatic rings. The van der Waals surface area contributed by atoms with Crippen molar-refractivity contribution in [3.8, 4) is 0 Å². The van der Waals surface area contributed by atoms with E-state index in [0.717, 1.165) is 34.5 Å². The summed E-state index contributed by atoms with van der Waals surface area (Å²) in [4.78, 5) is 0. The molecule has 0 radical (unpaired) electrons. The molecule has 102 valence electrons. The van der Waals surface area contributed by atoms with Gasteiger partial charge in [0.2, 0.25) is 10.9 Å². The van der Waals surface area contributed by atoms with Crippen LogP contribution in [0.1, 0.15) is 13.8 Å². The van der Waals surface area contributed by atoms with Gasteiger partial charge in [-0.1, -0.05) is 30.8 Å². The van der Waals surface area contributed by atoms with E-state index in [1.165, 1.54) is 5.52 Å². The Morgan fingerprint density at radius 3 is 2.60 bits per heavy atom. The van der Waals surface area contributed by atoms with Crippen molar-refractivity contribution in [2.24, 2.45) is 0 Å². The van der Waals surface area contributed by atoms with Gasteiger partial charge in [-0.05, 0) is 24.8 Å². The minimum atomic E-state index is 0.777. The van der Waals surface area contributed by atoms with Crippen LogP contribution in [-0.2, 0) is 6.54 Å². The number of para-hydroxylation sites is 2. The van der Waals surface area contributed by atoms with E-state index in [1.807, 2.05) is 16.6 Å². The molecule has 4 aromatic rings. The number of hydrogen-bond donors (Lipinski definition) is 0. The van der Waals surface area contributed by atoms with Crippen molar-refractivity contribution in [2.45, 2.75) is 25.5 Å². The molecule has 0 aliphatic heterocycles. The Hall–Kier alpha value is -2.02. The summed E-state index contributed by atoms with van der Waals surface area (Å²) in [5.74, 6) is 2.65. The monoisotopic (exact) mass is 286 g/mol. The summed E-state index contributed by atoms with van der Waals surface area (Å²) in [6.45, 7) is 5.11. The van der Waals surface area contributed by atoms with Crippen LogP contribution in [-0.4, -0.2) is 34.5 Å². The topological polar surface area (TPSA) is 52.4 Å². The molecule has 0 saturated carbocycles. The lowest BCUT2D eigenvalue weighted by Crippen LogP contribution is -1.96. The smallest absolute Gasteiger partial charge is 0.260 e. The zero-order chi connectivity index (χ0) is 13.7. The molecular formula is C13H14N6S. The van der Waals surface area contributed by atoms with Gasteiger partial charge in [0.15, 0.2) is 0 Å². The largest absolute Gasteiger partial charge is 0.309 e. The quantitative estimate of drug-likeness (QED) is 0.543. The van der Waals surface area contributed by atoms with E-state index in [9.17, 15) is 0 Å².